The van der Waals surface area contributed by atoms with Gasteiger partial charge < -0.3 is 10.6 Å². The van der Waals surface area contributed by atoms with E-state index in [2.05, 4.69) is 35.8 Å². The molecule has 0 saturated heterocycles. The number of hydrogen-bond donors (Lipinski definition) is 3. The summed E-state index contributed by atoms with van der Waals surface area (Å²) in [6.07, 6.45) is 3.36. The number of carbonyl (C=O) groups excluding carboxylic acids is 1. The number of aromatic nitrogens is 5. The summed E-state index contributed by atoms with van der Waals surface area (Å²) in [6.45, 7) is 0. The summed E-state index contributed by atoms with van der Waals surface area (Å²) in [5.41, 5.74) is 2.44. The lowest BCUT2D eigenvalue weighted by Gasteiger charge is -2.11. The first-order chi connectivity index (χ1) is 14.3. The van der Waals surface area contributed by atoms with Gasteiger partial charge in [0.2, 0.25) is 5.82 Å². The van der Waals surface area contributed by atoms with Crippen molar-refractivity contribution in [1.29, 1.82) is 0 Å². The molecule has 3 heterocycles. The molecule has 8 heteroatoms. The number of amides is 1. The number of carbonyl (C=O) groups is 1. The second-order valence-corrected chi connectivity index (χ2v) is 6.38. The largest absolute Gasteiger partial charge is 0.340 e. The van der Waals surface area contributed by atoms with Crippen molar-refractivity contribution in [3.8, 4) is 0 Å². The first-order valence-corrected chi connectivity index (χ1v) is 8.95. The zero-order valence-corrected chi connectivity index (χ0v) is 15.1. The minimum absolute atomic E-state index is 0.0567. The van der Waals surface area contributed by atoms with Crippen molar-refractivity contribution in [2.45, 2.75) is 0 Å². The second kappa shape index (κ2) is 7.01. The molecule has 0 bridgehead atoms. The van der Waals surface area contributed by atoms with Gasteiger partial charge in [0.1, 0.15) is 11.6 Å². The van der Waals surface area contributed by atoms with Gasteiger partial charge in [-0.15, -0.1) is 0 Å². The van der Waals surface area contributed by atoms with Gasteiger partial charge in [-0.25, -0.2) is 15.0 Å². The van der Waals surface area contributed by atoms with Gasteiger partial charge in [-0.05, 0) is 42.5 Å². The van der Waals surface area contributed by atoms with E-state index in [0.717, 1.165) is 22.0 Å². The molecule has 3 aromatic heterocycles. The molecule has 0 atom stereocenters. The maximum Gasteiger partial charge on any atom is 0.294 e. The van der Waals surface area contributed by atoms with Crippen LogP contribution in [0.1, 0.15) is 10.6 Å². The Morgan fingerprint density at radius 1 is 0.966 bits per heavy atom. The number of benzene rings is 2. The Morgan fingerprint density at radius 2 is 1.86 bits per heavy atom. The molecule has 0 aliphatic heterocycles. The van der Waals surface area contributed by atoms with Crippen molar-refractivity contribution in [2.24, 2.45) is 0 Å². The summed E-state index contributed by atoms with van der Waals surface area (Å²) in [6, 6.07) is 18.6. The molecule has 0 aliphatic carbocycles. The molecule has 0 fully saturated rings. The average Bonchev–Trinajstić information content (AvgIpc) is 3.22. The van der Waals surface area contributed by atoms with Crippen LogP contribution in [0.5, 0.6) is 0 Å². The van der Waals surface area contributed by atoms with Gasteiger partial charge in [0.15, 0.2) is 0 Å². The third-order valence-corrected chi connectivity index (χ3v) is 4.42. The molecule has 3 N–H and O–H groups in total. The van der Waals surface area contributed by atoms with Crippen LogP contribution in [0.15, 0.2) is 73.1 Å². The number of nitrogens with zero attached hydrogens (tertiary/aromatic N) is 4. The van der Waals surface area contributed by atoms with Crippen LogP contribution in [0, 0.1) is 0 Å². The third-order valence-electron chi connectivity index (χ3n) is 4.42. The average molecular weight is 381 g/mol. The Balaban J connectivity index is 1.53. The topological polar surface area (TPSA) is 108 Å². The van der Waals surface area contributed by atoms with Crippen molar-refractivity contribution >= 4 is 45.0 Å². The van der Waals surface area contributed by atoms with Crippen LogP contribution in [0.2, 0.25) is 0 Å². The summed E-state index contributed by atoms with van der Waals surface area (Å²) in [7, 11) is 0. The fourth-order valence-electron chi connectivity index (χ4n) is 3.04. The number of H-pyrrole nitrogens is 1. The summed E-state index contributed by atoms with van der Waals surface area (Å²) in [4.78, 5) is 25.7. The highest BCUT2D eigenvalue weighted by atomic mass is 16.2. The molecule has 5 aromatic rings. The van der Waals surface area contributed by atoms with Gasteiger partial charge in [0, 0.05) is 22.7 Å². The fourth-order valence-corrected chi connectivity index (χ4v) is 3.04. The van der Waals surface area contributed by atoms with Crippen LogP contribution in [-0.4, -0.2) is 31.1 Å². The first-order valence-electron chi connectivity index (χ1n) is 8.95. The van der Waals surface area contributed by atoms with E-state index in [1.807, 2.05) is 42.5 Å². The van der Waals surface area contributed by atoms with E-state index in [0.29, 0.717) is 17.2 Å². The van der Waals surface area contributed by atoms with Gasteiger partial charge >= 0.3 is 0 Å². The van der Waals surface area contributed by atoms with E-state index in [1.54, 1.807) is 30.6 Å². The maximum absolute atomic E-state index is 12.7. The molecule has 0 saturated carbocycles. The molecule has 1 amide bonds. The van der Waals surface area contributed by atoms with Crippen molar-refractivity contribution in [1.82, 2.24) is 25.1 Å². The van der Waals surface area contributed by atoms with Crippen LogP contribution in [0.4, 0.5) is 17.3 Å². The lowest BCUT2D eigenvalue weighted by molar-refractivity contribution is 0.101. The number of hydrogen-bond acceptors (Lipinski definition) is 6. The number of aromatic amines is 1. The standard InChI is InChI=1S/C21H15N7O/c29-21(26-18-7-3-4-10-22-18)20-25-17-6-2-1-5-15(17)19(27-20)24-14-8-9-16-13(11-14)12-23-28-16/h1-12H,(H,23,28)(H,22,26,29)(H,24,25,27). The van der Waals surface area contributed by atoms with E-state index >= 15 is 0 Å². The first kappa shape index (κ1) is 16.8. The summed E-state index contributed by atoms with van der Waals surface area (Å²) in [5.74, 6) is 0.614. The Hall–Kier alpha value is -4.33. The van der Waals surface area contributed by atoms with Gasteiger partial charge in [0.05, 0.1) is 17.2 Å². The summed E-state index contributed by atoms with van der Waals surface area (Å²) < 4.78 is 0. The molecule has 2 aromatic carbocycles. The fraction of sp³-hybridized carbons (Fsp3) is 0. The Bertz CT molecular complexity index is 1330. The van der Waals surface area contributed by atoms with Crippen LogP contribution in [-0.2, 0) is 0 Å². The molecule has 140 valence electrons. The SMILES string of the molecule is O=C(Nc1ccccn1)c1nc(Nc2ccc3[nH]ncc3c2)c2ccccc2n1. The molecule has 0 unspecified atom stereocenters. The summed E-state index contributed by atoms with van der Waals surface area (Å²) >= 11 is 0. The highest BCUT2D eigenvalue weighted by Crippen LogP contribution is 2.25. The third kappa shape index (κ3) is 3.34. The lowest BCUT2D eigenvalue weighted by Crippen LogP contribution is -2.17. The van der Waals surface area contributed by atoms with E-state index in [9.17, 15) is 4.79 Å². The van der Waals surface area contributed by atoms with E-state index in [1.165, 1.54) is 0 Å². The Morgan fingerprint density at radius 3 is 2.76 bits per heavy atom. The predicted molar refractivity (Wildman–Crippen MR) is 111 cm³/mol. The molecular formula is C21H15N7O. The number of anilines is 3. The smallest absolute Gasteiger partial charge is 0.294 e. The predicted octanol–water partition coefficient (Wildman–Crippen LogP) is 3.90. The number of fused-ring (bicyclic) bond motifs is 2. The van der Waals surface area contributed by atoms with Crippen molar-refractivity contribution < 1.29 is 4.79 Å². The summed E-state index contributed by atoms with van der Waals surface area (Å²) in [5, 5.41) is 14.8. The molecule has 0 spiro atoms. The molecule has 0 radical (unpaired) electrons. The van der Waals surface area contributed by atoms with E-state index < -0.39 is 5.91 Å². The van der Waals surface area contributed by atoms with Crippen molar-refractivity contribution in [3.63, 3.8) is 0 Å². The number of rotatable bonds is 4. The molecular weight excluding hydrogens is 366 g/mol. The molecule has 5 rings (SSSR count). The Kier molecular flexibility index (Phi) is 4.06. The van der Waals surface area contributed by atoms with Crippen LogP contribution < -0.4 is 10.6 Å². The molecule has 29 heavy (non-hydrogen) atoms. The number of pyridine rings is 1. The number of nitrogens with one attached hydrogen (secondary N) is 3. The number of para-hydroxylation sites is 1. The maximum atomic E-state index is 12.7. The molecule has 0 aliphatic rings. The van der Waals surface area contributed by atoms with Crippen molar-refractivity contribution in [3.05, 3.63) is 78.9 Å². The monoisotopic (exact) mass is 381 g/mol. The van der Waals surface area contributed by atoms with E-state index in [4.69, 9.17) is 0 Å². The minimum atomic E-state index is -0.428. The van der Waals surface area contributed by atoms with Crippen LogP contribution in [0.3, 0.4) is 0 Å². The zero-order valence-electron chi connectivity index (χ0n) is 15.1. The molecule has 8 nitrogen and oxygen atoms in total. The van der Waals surface area contributed by atoms with Crippen molar-refractivity contribution in [2.75, 3.05) is 10.6 Å². The van der Waals surface area contributed by atoms with Gasteiger partial charge in [-0.3, -0.25) is 9.89 Å². The highest BCUT2D eigenvalue weighted by Gasteiger charge is 2.15. The second-order valence-electron chi connectivity index (χ2n) is 6.38. The zero-order chi connectivity index (χ0) is 19.6. The lowest BCUT2D eigenvalue weighted by atomic mass is 10.2. The minimum Gasteiger partial charge on any atom is -0.340 e. The van der Waals surface area contributed by atoms with E-state index in [-0.39, 0.29) is 5.82 Å². The van der Waals surface area contributed by atoms with Gasteiger partial charge in [-0.1, -0.05) is 18.2 Å². The quantitative estimate of drug-likeness (QED) is 0.436. The van der Waals surface area contributed by atoms with Crippen LogP contribution >= 0.6 is 0 Å². The Labute approximate surface area is 165 Å². The van der Waals surface area contributed by atoms with Crippen LogP contribution in [0.25, 0.3) is 21.8 Å². The van der Waals surface area contributed by atoms with Gasteiger partial charge in [0.25, 0.3) is 5.91 Å². The van der Waals surface area contributed by atoms with Gasteiger partial charge in [-0.2, -0.15) is 5.10 Å². The highest BCUT2D eigenvalue weighted by molar-refractivity contribution is 6.03. The normalized spacial score (nSPS) is 10.9.